The molecule has 5 heteroatoms. The monoisotopic (exact) mass is 318 g/mol. The van der Waals surface area contributed by atoms with E-state index in [1.807, 2.05) is 51.3 Å². The lowest BCUT2D eigenvalue weighted by Crippen LogP contribution is -2.18. The van der Waals surface area contributed by atoms with E-state index in [0.29, 0.717) is 11.6 Å². The summed E-state index contributed by atoms with van der Waals surface area (Å²) in [6, 6.07) is 7.88. The van der Waals surface area contributed by atoms with E-state index >= 15 is 0 Å². The van der Waals surface area contributed by atoms with Crippen molar-refractivity contribution >= 4 is 11.8 Å². The number of ether oxygens (including phenoxy) is 1. The topological polar surface area (TPSA) is 55.0 Å². The van der Waals surface area contributed by atoms with Crippen LogP contribution in [0, 0.1) is 0 Å². The molecule has 0 unspecified atom stereocenters. The Morgan fingerprint density at radius 1 is 1.27 bits per heavy atom. The van der Waals surface area contributed by atoms with Gasteiger partial charge in [-0.15, -0.1) is 0 Å². The first-order chi connectivity index (χ1) is 10.5. The highest BCUT2D eigenvalue weighted by Gasteiger charge is 2.11. The third kappa shape index (κ3) is 4.13. The fraction of sp³-hybridized carbons (Fsp3) is 0.412. The predicted molar refractivity (Wildman–Crippen MR) is 91.0 cm³/mol. The second-order valence-electron chi connectivity index (χ2n) is 5.34. The highest BCUT2D eigenvalue weighted by Crippen LogP contribution is 2.17. The van der Waals surface area contributed by atoms with Crippen molar-refractivity contribution < 1.29 is 4.74 Å². The number of nitrogens with one attached hydrogen (secondary N) is 1. The van der Waals surface area contributed by atoms with E-state index in [2.05, 4.69) is 9.97 Å². The summed E-state index contributed by atoms with van der Waals surface area (Å²) in [4.78, 5) is 19.6. The molecule has 0 spiro atoms. The fourth-order valence-electron chi connectivity index (χ4n) is 2.26. The Labute approximate surface area is 135 Å². The maximum Gasteiger partial charge on any atom is 0.255 e. The normalized spacial score (nSPS) is 11.0. The third-order valence-corrected chi connectivity index (χ3v) is 3.86. The highest BCUT2D eigenvalue weighted by atomic mass is 32.2. The molecule has 0 aliphatic heterocycles. The third-order valence-electron chi connectivity index (χ3n) is 3.28. The van der Waals surface area contributed by atoms with Gasteiger partial charge in [-0.2, -0.15) is 0 Å². The molecular formula is C17H22N2O2S. The first kappa shape index (κ1) is 16.6. The maximum atomic E-state index is 12.3. The zero-order chi connectivity index (χ0) is 16.1. The Bertz CT molecular complexity index is 678. The number of thioether (sulfide) groups is 1. The number of hydrogen-bond donors (Lipinski definition) is 1. The van der Waals surface area contributed by atoms with Gasteiger partial charge in [0.25, 0.3) is 5.56 Å². The number of hydrogen-bond acceptors (Lipinski definition) is 4. The summed E-state index contributed by atoms with van der Waals surface area (Å²) in [5, 5.41) is 0.672. The molecule has 0 aliphatic carbocycles. The average Bonchev–Trinajstić information content (AvgIpc) is 2.50. The summed E-state index contributed by atoms with van der Waals surface area (Å²) >= 11 is 1.45. The first-order valence-electron chi connectivity index (χ1n) is 7.45. The molecule has 1 heterocycles. The number of aromatic amines is 1. The van der Waals surface area contributed by atoms with Gasteiger partial charge in [-0.25, -0.2) is 4.98 Å². The van der Waals surface area contributed by atoms with E-state index in [-0.39, 0.29) is 11.7 Å². The molecule has 0 atom stereocenters. The van der Waals surface area contributed by atoms with Crippen LogP contribution in [0.3, 0.4) is 0 Å². The van der Waals surface area contributed by atoms with E-state index in [9.17, 15) is 4.79 Å². The zero-order valence-electron chi connectivity index (χ0n) is 13.5. The van der Waals surface area contributed by atoms with Crippen LogP contribution in [0.25, 0.3) is 0 Å². The summed E-state index contributed by atoms with van der Waals surface area (Å²) in [5.41, 5.74) is 2.65. The van der Waals surface area contributed by atoms with Crippen LogP contribution in [-0.4, -0.2) is 22.3 Å². The van der Waals surface area contributed by atoms with Crippen molar-refractivity contribution in [3.8, 4) is 5.75 Å². The number of aryl methyl sites for hydroxylation is 1. The number of aromatic nitrogens is 2. The van der Waals surface area contributed by atoms with Gasteiger partial charge in [-0.3, -0.25) is 4.79 Å². The van der Waals surface area contributed by atoms with Crippen molar-refractivity contribution in [1.29, 1.82) is 0 Å². The molecule has 0 amide bonds. The molecule has 0 saturated heterocycles. The van der Waals surface area contributed by atoms with Gasteiger partial charge in [-0.05, 0) is 44.2 Å². The minimum Gasteiger partial charge on any atom is -0.491 e. The van der Waals surface area contributed by atoms with Crippen LogP contribution in [0.1, 0.15) is 37.6 Å². The second-order valence-corrected chi connectivity index (χ2v) is 6.14. The van der Waals surface area contributed by atoms with Crippen LogP contribution in [0.5, 0.6) is 5.75 Å². The quantitative estimate of drug-likeness (QED) is 0.655. The zero-order valence-corrected chi connectivity index (χ0v) is 14.3. The molecule has 1 aromatic carbocycles. The molecule has 118 valence electrons. The Hall–Kier alpha value is -1.75. The van der Waals surface area contributed by atoms with Crippen molar-refractivity contribution in [2.75, 3.05) is 6.26 Å². The molecule has 2 aromatic rings. The molecule has 0 saturated carbocycles. The Balaban J connectivity index is 2.25. The van der Waals surface area contributed by atoms with Crippen molar-refractivity contribution in [1.82, 2.24) is 9.97 Å². The van der Waals surface area contributed by atoms with E-state index in [1.54, 1.807) is 0 Å². The number of H-pyrrole nitrogens is 1. The first-order valence-corrected chi connectivity index (χ1v) is 8.67. The van der Waals surface area contributed by atoms with Gasteiger partial charge in [0.1, 0.15) is 5.75 Å². The number of rotatable bonds is 6. The van der Waals surface area contributed by atoms with Gasteiger partial charge in [0.2, 0.25) is 0 Å². The van der Waals surface area contributed by atoms with Crippen LogP contribution in [0.15, 0.2) is 34.2 Å². The van der Waals surface area contributed by atoms with E-state index in [1.165, 1.54) is 11.8 Å². The number of benzene rings is 1. The summed E-state index contributed by atoms with van der Waals surface area (Å²) in [6.45, 7) is 6.02. The standard InChI is InChI=1S/C17H22N2O2S/c1-5-15-14(16(20)19-17(18-15)22-4)10-12-6-8-13(9-7-12)21-11(2)3/h6-9,11H,5,10H2,1-4H3,(H,18,19,20). The lowest BCUT2D eigenvalue weighted by Gasteiger charge is -2.11. The Morgan fingerprint density at radius 2 is 1.95 bits per heavy atom. The van der Waals surface area contributed by atoms with Crippen molar-refractivity contribution in [3.63, 3.8) is 0 Å². The van der Waals surface area contributed by atoms with Gasteiger partial charge in [0.05, 0.1) is 11.8 Å². The maximum absolute atomic E-state index is 12.3. The summed E-state index contributed by atoms with van der Waals surface area (Å²) < 4.78 is 5.64. The molecule has 0 aliphatic rings. The van der Waals surface area contributed by atoms with Gasteiger partial charge < -0.3 is 9.72 Å². The lowest BCUT2D eigenvalue weighted by atomic mass is 10.0. The molecule has 1 aromatic heterocycles. The van der Waals surface area contributed by atoms with Crippen LogP contribution in [0.4, 0.5) is 0 Å². The van der Waals surface area contributed by atoms with Gasteiger partial charge in [0.15, 0.2) is 5.16 Å². The minimum absolute atomic E-state index is 0.0429. The molecule has 4 nitrogen and oxygen atoms in total. The smallest absolute Gasteiger partial charge is 0.255 e. The van der Waals surface area contributed by atoms with E-state index in [4.69, 9.17) is 4.74 Å². The predicted octanol–water partition coefficient (Wildman–Crippen LogP) is 3.43. The van der Waals surface area contributed by atoms with Gasteiger partial charge in [-0.1, -0.05) is 30.8 Å². The number of nitrogens with zero attached hydrogens (tertiary/aromatic N) is 1. The molecule has 0 bridgehead atoms. The molecule has 1 N–H and O–H groups in total. The molecule has 22 heavy (non-hydrogen) atoms. The minimum atomic E-state index is -0.0429. The molecule has 0 fully saturated rings. The SMILES string of the molecule is CCc1nc(SC)[nH]c(=O)c1Cc1ccc(OC(C)C)cc1. The molecular weight excluding hydrogens is 296 g/mol. The van der Waals surface area contributed by atoms with Crippen LogP contribution in [-0.2, 0) is 12.8 Å². The van der Waals surface area contributed by atoms with Crippen LogP contribution < -0.4 is 10.3 Å². The lowest BCUT2D eigenvalue weighted by molar-refractivity contribution is 0.242. The molecule has 2 rings (SSSR count). The van der Waals surface area contributed by atoms with Crippen molar-refractivity contribution in [3.05, 3.63) is 51.4 Å². The summed E-state index contributed by atoms with van der Waals surface area (Å²) in [5.74, 6) is 0.847. The Kier molecular flexibility index (Phi) is 5.66. The molecule has 0 radical (unpaired) electrons. The Morgan fingerprint density at radius 3 is 2.50 bits per heavy atom. The average molecular weight is 318 g/mol. The summed E-state index contributed by atoms with van der Waals surface area (Å²) in [7, 11) is 0. The van der Waals surface area contributed by atoms with Crippen LogP contribution in [0.2, 0.25) is 0 Å². The van der Waals surface area contributed by atoms with Crippen molar-refractivity contribution in [2.45, 2.75) is 44.9 Å². The van der Waals surface area contributed by atoms with Gasteiger partial charge in [0, 0.05) is 12.0 Å². The van der Waals surface area contributed by atoms with E-state index in [0.717, 1.165) is 29.0 Å². The van der Waals surface area contributed by atoms with Crippen molar-refractivity contribution in [2.24, 2.45) is 0 Å². The van der Waals surface area contributed by atoms with Gasteiger partial charge >= 0.3 is 0 Å². The van der Waals surface area contributed by atoms with Crippen LogP contribution >= 0.6 is 11.8 Å². The fourth-order valence-corrected chi connectivity index (χ4v) is 2.65. The van der Waals surface area contributed by atoms with E-state index < -0.39 is 0 Å². The second kappa shape index (κ2) is 7.49. The highest BCUT2D eigenvalue weighted by molar-refractivity contribution is 7.98. The largest absolute Gasteiger partial charge is 0.491 e. The summed E-state index contributed by atoms with van der Waals surface area (Å²) in [6.07, 6.45) is 3.40.